The third kappa shape index (κ3) is 3.20. The van der Waals surface area contributed by atoms with Gasteiger partial charge in [-0.2, -0.15) is 10.2 Å². The van der Waals surface area contributed by atoms with E-state index in [1.54, 1.807) is 11.1 Å². The third-order valence-electron chi connectivity index (χ3n) is 4.70. The van der Waals surface area contributed by atoms with Crippen LogP contribution < -0.4 is 0 Å². The molecule has 0 unspecified atom stereocenters. The van der Waals surface area contributed by atoms with Gasteiger partial charge >= 0.3 is 0 Å². The van der Waals surface area contributed by atoms with E-state index in [0.29, 0.717) is 18.7 Å². The van der Waals surface area contributed by atoms with E-state index >= 15 is 0 Å². The highest BCUT2D eigenvalue weighted by atomic mass is 16.2. The van der Waals surface area contributed by atoms with Crippen LogP contribution >= 0.6 is 0 Å². The SMILES string of the molecule is CN(Cc1n[nH]c2c1CCC2)C(=O)c1cccc(Cn2cccn2)c1. The average molecular weight is 335 g/mol. The Morgan fingerprint density at radius 2 is 2.24 bits per heavy atom. The van der Waals surface area contributed by atoms with E-state index in [-0.39, 0.29) is 5.91 Å². The Morgan fingerprint density at radius 1 is 1.32 bits per heavy atom. The number of carbonyl (C=O) groups is 1. The minimum Gasteiger partial charge on any atom is -0.336 e. The number of nitrogens with zero attached hydrogens (tertiary/aromatic N) is 4. The molecule has 0 saturated carbocycles. The number of benzene rings is 1. The van der Waals surface area contributed by atoms with Crippen molar-refractivity contribution in [2.24, 2.45) is 0 Å². The number of hydrogen-bond donors (Lipinski definition) is 1. The Balaban J connectivity index is 1.48. The molecule has 0 fully saturated rings. The number of aromatic amines is 1. The number of rotatable bonds is 5. The summed E-state index contributed by atoms with van der Waals surface area (Å²) in [4.78, 5) is 14.5. The molecule has 0 saturated heterocycles. The lowest BCUT2D eigenvalue weighted by Gasteiger charge is -2.17. The summed E-state index contributed by atoms with van der Waals surface area (Å²) < 4.78 is 1.85. The molecular formula is C19H21N5O. The molecule has 4 rings (SSSR count). The largest absolute Gasteiger partial charge is 0.336 e. The van der Waals surface area contributed by atoms with Crippen LogP contribution in [0, 0.1) is 0 Å². The second-order valence-corrected chi connectivity index (χ2v) is 6.55. The van der Waals surface area contributed by atoms with Gasteiger partial charge in [-0.25, -0.2) is 0 Å². The van der Waals surface area contributed by atoms with E-state index in [0.717, 1.165) is 24.1 Å². The Hall–Kier alpha value is -2.89. The predicted octanol–water partition coefficient (Wildman–Crippen LogP) is 2.42. The highest BCUT2D eigenvalue weighted by molar-refractivity contribution is 5.94. The molecule has 0 atom stereocenters. The fourth-order valence-corrected chi connectivity index (χ4v) is 3.42. The van der Waals surface area contributed by atoms with Crippen molar-refractivity contribution in [1.82, 2.24) is 24.9 Å². The number of hydrogen-bond acceptors (Lipinski definition) is 3. The van der Waals surface area contributed by atoms with Crippen LogP contribution in [0.25, 0.3) is 0 Å². The van der Waals surface area contributed by atoms with Crippen molar-refractivity contribution < 1.29 is 4.79 Å². The summed E-state index contributed by atoms with van der Waals surface area (Å²) >= 11 is 0. The van der Waals surface area contributed by atoms with Crippen LogP contribution in [0.5, 0.6) is 0 Å². The van der Waals surface area contributed by atoms with Crippen molar-refractivity contribution in [3.63, 3.8) is 0 Å². The number of H-pyrrole nitrogens is 1. The summed E-state index contributed by atoms with van der Waals surface area (Å²) in [7, 11) is 1.83. The molecule has 0 bridgehead atoms. The Kier molecular flexibility index (Phi) is 4.09. The molecule has 6 heteroatoms. The van der Waals surface area contributed by atoms with Crippen LogP contribution in [-0.2, 0) is 25.9 Å². The molecule has 6 nitrogen and oxygen atoms in total. The lowest BCUT2D eigenvalue weighted by molar-refractivity contribution is 0.0783. The minimum absolute atomic E-state index is 0.0112. The minimum atomic E-state index is 0.0112. The number of amides is 1. The van der Waals surface area contributed by atoms with Gasteiger partial charge in [0.1, 0.15) is 0 Å². The van der Waals surface area contributed by atoms with Gasteiger partial charge in [-0.15, -0.1) is 0 Å². The summed E-state index contributed by atoms with van der Waals surface area (Å²) in [6.45, 7) is 1.19. The zero-order valence-corrected chi connectivity index (χ0v) is 14.3. The second-order valence-electron chi connectivity index (χ2n) is 6.55. The van der Waals surface area contributed by atoms with E-state index in [1.165, 1.54) is 17.7 Å². The van der Waals surface area contributed by atoms with Gasteiger partial charge in [0.15, 0.2) is 0 Å². The molecule has 1 amide bonds. The fourth-order valence-electron chi connectivity index (χ4n) is 3.42. The van der Waals surface area contributed by atoms with Gasteiger partial charge < -0.3 is 4.90 Å². The maximum absolute atomic E-state index is 12.8. The molecule has 1 N–H and O–H groups in total. The van der Waals surface area contributed by atoms with Gasteiger partial charge in [0.05, 0.1) is 18.8 Å². The second kappa shape index (κ2) is 6.55. The number of aromatic nitrogens is 4. The Labute approximate surface area is 146 Å². The fraction of sp³-hybridized carbons (Fsp3) is 0.316. The quantitative estimate of drug-likeness (QED) is 0.779. The van der Waals surface area contributed by atoms with Crippen LogP contribution in [0.4, 0.5) is 0 Å². The van der Waals surface area contributed by atoms with E-state index in [1.807, 2.05) is 48.3 Å². The molecule has 2 heterocycles. The molecule has 25 heavy (non-hydrogen) atoms. The summed E-state index contributed by atoms with van der Waals surface area (Å²) in [5, 5.41) is 11.7. The molecule has 1 aliphatic rings. The lowest BCUT2D eigenvalue weighted by atomic mass is 10.1. The van der Waals surface area contributed by atoms with Crippen LogP contribution in [0.2, 0.25) is 0 Å². The van der Waals surface area contributed by atoms with Crippen LogP contribution in [0.1, 0.15) is 39.3 Å². The van der Waals surface area contributed by atoms with E-state index in [2.05, 4.69) is 15.3 Å². The number of carbonyl (C=O) groups excluding carboxylic acids is 1. The Morgan fingerprint density at radius 3 is 3.08 bits per heavy atom. The van der Waals surface area contributed by atoms with Crippen molar-refractivity contribution in [1.29, 1.82) is 0 Å². The van der Waals surface area contributed by atoms with Gasteiger partial charge in [0.2, 0.25) is 0 Å². The molecule has 1 aromatic carbocycles. The third-order valence-corrected chi connectivity index (χ3v) is 4.70. The van der Waals surface area contributed by atoms with Gasteiger partial charge in [-0.1, -0.05) is 12.1 Å². The smallest absolute Gasteiger partial charge is 0.253 e. The summed E-state index contributed by atoms with van der Waals surface area (Å²) in [6.07, 6.45) is 6.96. The van der Waals surface area contributed by atoms with Crippen molar-refractivity contribution in [3.8, 4) is 0 Å². The van der Waals surface area contributed by atoms with E-state index in [9.17, 15) is 4.79 Å². The molecular weight excluding hydrogens is 314 g/mol. The van der Waals surface area contributed by atoms with Gasteiger partial charge in [0, 0.05) is 30.7 Å². The monoisotopic (exact) mass is 335 g/mol. The summed E-state index contributed by atoms with van der Waals surface area (Å²) in [5.74, 6) is 0.0112. The topological polar surface area (TPSA) is 66.8 Å². The zero-order valence-electron chi connectivity index (χ0n) is 14.3. The van der Waals surface area contributed by atoms with E-state index < -0.39 is 0 Å². The molecule has 0 spiro atoms. The van der Waals surface area contributed by atoms with Crippen molar-refractivity contribution in [3.05, 3.63) is 70.8 Å². The number of aryl methyl sites for hydroxylation is 1. The maximum Gasteiger partial charge on any atom is 0.253 e. The predicted molar refractivity (Wildman–Crippen MR) is 94.2 cm³/mol. The lowest BCUT2D eigenvalue weighted by Crippen LogP contribution is -2.27. The van der Waals surface area contributed by atoms with Gasteiger partial charge in [-0.3, -0.25) is 14.6 Å². The zero-order chi connectivity index (χ0) is 17.2. The first kappa shape index (κ1) is 15.6. The van der Waals surface area contributed by atoms with Crippen LogP contribution in [0.15, 0.2) is 42.7 Å². The molecule has 1 aliphatic carbocycles. The van der Waals surface area contributed by atoms with Gasteiger partial charge in [0.25, 0.3) is 5.91 Å². The molecule has 0 radical (unpaired) electrons. The van der Waals surface area contributed by atoms with Crippen molar-refractivity contribution in [2.45, 2.75) is 32.4 Å². The van der Waals surface area contributed by atoms with E-state index in [4.69, 9.17) is 0 Å². The first-order chi connectivity index (χ1) is 12.2. The molecule has 3 aromatic rings. The molecule has 128 valence electrons. The Bertz CT molecular complexity index is 881. The summed E-state index contributed by atoms with van der Waals surface area (Å²) in [6, 6.07) is 9.63. The van der Waals surface area contributed by atoms with Crippen molar-refractivity contribution >= 4 is 5.91 Å². The van der Waals surface area contributed by atoms with Crippen molar-refractivity contribution in [2.75, 3.05) is 7.05 Å². The average Bonchev–Trinajstić information content (AvgIpc) is 3.34. The normalized spacial score (nSPS) is 13.0. The maximum atomic E-state index is 12.8. The van der Waals surface area contributed by atoms with Gasteiger partial charge in [-0.05, 0) is 48.6 Å². The summed E-state index contributed by atoms with van der Waals surface area (Å²) in [5.41, 5.74) is 5.28. The highest BCUT2D eigenvalue weighted by Gasteiger charge is 2.21. The first-order valence-corrected chi connectivity index (χ1v) is 8.57. The van der Waals surface area contributed by atoms with Crippen LogP contribution in [-0.4, -0.2) is 37.8 Å². The number of fused-ring (bicyclic) bond motifs is 1. The molecule has 0 aliphatic heterocycles. The molecule has 2 aromatic heterocycles. The highest BCUT2D eigenvalue weighted by Crippen LogP contribution is 2.23. The standard InChI is InChI=1S/C19H21N5O/c1-23(13-18-16-7-3-8-17(16)21-22-18)19(25)15-6-2-5-14(11-15)12-24-10-4-9-20-24/h2,4-6,9-11H,3,7-8,12-13H2,1H3,(H,21,22). The first-order valence-electron chi connectivity index (χ1n) is 8.57. The number of nitrogens with one attached hydrogen (secondary N) is 1. The van der Waals surface area contributed by atoms with Crippen LogP contribution in [0.3, 0.4) is 0 Å².